The van der Waals surface area contributed by atoms with Crippen LogP contribution >= 0.6 is 11.3 Å². The Kier molecular flexibility index (Phi) is 3.46. The predicted molar refractivity (Wildman–Crippen MR) is 87.4 cm³/mol. The van der Waals surface area contributed by atoms with E-state index in [1.165, 1.54) is 0 Å². The minimum Gasteiger partial charge on any atom is -0.339 e. The summed E-state index contributed by atoms with van der Waals surface area (Å²) >= 11 is 1.60. The number of aromatic nitrogens is 2. The van der Waals surface area contributed by atoms with Crippen LogP contribution in [0.5, 0.6) is 0 Å². The lowest BCUT2D eigenvalue weighted by atomic mass is 9.98. The molecule has 0 aliphatic carbocycles. The van der Waals surface area contributed by atoms with Crippen LogP contribution in [0.2, 0.25) is 0 Å². The van der Waals surface area contributed by atoms with Gasteiger partial charge in [-0.1, -0.05) is 22.9 Å². The van der Waals surface area contributed by atoms with E-state index >= 15 is 0 Å². The highest BCUT2D eigenvalue weighted by Gasteiger charge is 2.36. The fourth-order valence-electron chi connectivity index (χ4n) is 2.67. The maximum Gasteiger partial charge on any atom is 0.253 e. The molecule has 2 aromatic heterocycles. The van der Waals surface area contributed by atoms with E-state index in [1.807, 2.05) is 52.9 Å². The minimum absolute atomic E-state index is 0.0579. The van der Waals surface area contributed by atoms with Gasteiger partial charge in [0.15, 0.2) is 0 Å². The Balaban J connectivity index is 1.43. The number of amides is 1. The molecule has 1 fully saturated rings. The molecule has 3 aromatic rings. The first-order chi connectivity index (χ1) is 11.2. The SMILES string of the molecule is Cc1cccc(C(=O)N2CC(c3nc(-c4ccsc4)no3)C2)c1. The van der Waals surface area contributed by atoms with Crippen molar-refractivity contribution in [1.29, 1.82) is 0 Å². The average molecular weight is 325 g/mol. The van der Waals surface area contributed by atoms with Gasteiger partial charge in [-0.25, -0.2) is 0 Å². The number of hydrogen-bond donors (Lipinski definition) is 0. The molecule has 0 saturated carbocycles. The van der Waals surface area contributed by atoms with Crippen molar-refractivity contribution in [3.8, 4) is 11.4 Å². The van der Waals surface area contributed by atoms with Crippen molar-refractivity contribution in [1.82, 2.24) is 15.0 Å². The van der Waals surface area contributed by atoms with E-state index in [4.69, 9.17) is 4.52 Å². The van der Waals surface area contributed by atoms with Gasteiger partial charge in [0.25, 0.3) is 5.91 Å². The Morgan fingerprint density at radius 3 is 2.96 bits per heavy atom. The maximum absolute atomic E-state index is 12.4. The maximum atomic E-state index is 12.4. The fourth-order valence-corrected chi connectivity index (χ4v) is 3.31. The van der Waals surface area contributed by atoms with E-state index in [-0.39, 0.29) is 11.8 Å². The van der Waals surface area contributed by atoms with Crippen molar-refractivity contribution in [3.63, 3.8) is 0 Å². The van der Waals surface area contributed by atoms with Crippen LogP contribution in [0.4, 0.5) is 0 Å². The van der Waals surface area contributed by atoms with Crippen molar-refractivity contribution in [2.75, 3.05) is 13.1 Å². The lowest BCUT2D eigenvalue weighted by Crippen LogP contribution is -2.48. The topological polar surface area (TPSA) is 59.2 Å². The Bertz CT molecular complexity index is 835. The smallest absolute Gasteiger partial charge is 0.253 e. The first kappa shape index (κ1) is 14.1. The molecule has 0 atom stereocenters. The molecule has 0 radical (unpaired) electrons. The number of rotatable bonds is 3. The van der Waals surface area contributed by atoms with E-state index in [2.05, 4.69) is 10.1 Å². The summed E-state index contributed by atoms with van der Waals surface area (Å²) in [4.78, 5) is 18.7. The molecule has 0 bridgehead atoms. The zero-order valence-electron chi connectivity index (χ0n) is 12.6. The van der Waals surface area contributed by atoms with E-state index in [0.29, 0.717) is 24.8 Å². The standard InChI is InChI=1S/C17H15N3O2S/c1-11-3-2-4-12(7-11)17(21)20-8-14(9-20)16-18-15(19-22-16)13-5-6-23-10-13/h2-7,10,14H,8-9H2,1H3. The molecule has 6 heteroatoms. The van der Waals surface area contributed by atoms with Gasteiger partial charge < -0.3 is 9.42 Å². The molecular formula is C17H15N3O2S. The van der Waals surface area contributed by atoms with Crippen LogP contribution in [-0.2, 0) is 0 Å². The summed E-state index contributed by atoms with van der Waals surface area (Å²) in [5.74, 6) is 1.41. The van der Waals surface area contributed by atoms with E-state index < -0.39 is 0 Å². The van der Waals surface area contributed by atoms with Gasteiger partial charge in [0.05, 0.1) is 5.92 Å². The van der Waals surface area contributed by atoms with Crippen molar-refractivity contribution in [2.24, 2.45) is 0 Å². The van der Waals surface area contributed by atoms with Crippen LogP contribution in [0.15, 0.2) is 45.6 Å². The van der Waals surface area contributed by atoms with Gasteiger partial charge in [0.1, 0.15) is 0 Å². The molecule has 3 heterocycles. The number of nitrogens with zero attached hydrogens (tertiary/aromatic N) is 3. The van der Waals surface area contributed by atoms with E-state index in [1.54, 1.807) is 11.3 Å². The third kappa shape index (κ3) is 2.66. The number of carbonyl (C=O) groups is 1. The second kappa shape index (κ2) is 5.62. The minimum atomic E-state index is 0.0579. The van der Waals surface area contributed by atoms with Gasteiger partial charge in [0.2, 0.25) is 11.7 Å². The van der Waals surface area contributed by atoms with Crippen molar-refractivity contribution < 1.29 is 9.32 Å². The first-order valence-corrected chi connectivity index (χ1v) is 8.37. The number of carbonyl (C=O) groups excluding carboxylic acids is 1. The molecule has 1 amide bonds. The summed E-state index contributed by atoms with van der Waals surface area (Å²) in [6, 6.07) is 9.62. The molecule has 1 saturated heterocycles. The molecule has 5 nitrogen and oxygen atoms in total. The van der Waals surface area contributed by atoms with Gasteiger partial charge in [-0.15, -0.1) is 0 Å². The van der Waals surface area contributed by atoms with Crippen molar-refractivity contribution in [2.45, 2.75) is 12.8 Å². The van der Waals surface area contributed by atoms with E-state index in [9.17, 15) is 4.79 Å². The number of benzene rings is 1. The lowest BCUT2D eigenvalue weighted by molar-refractivity contribution is 0.0569. The molecule has 1 aliphatic heterocycles. The van der Waals surface area contributed by atoms with Crippen LogP contribution < -0.4 is 0 Å². The van der Waals surface area contributed by atoms with Gasteiger partial charge in [-0.05, 0) is 30.5 Å². The van der Waals surface area contributed by atoms with Crippen LogP contribution in [-0.4, -0.2) is 34.0 Å². The molecular weight excluding hydrogens is 310 g/mol. The fraction of sp³-hybridized carbons (Fsp3) is 0.235. The summed E-state index contributed by atoms with van der Waals surface area (Å²) in [5, 5.41) is 7.99. The molecule has 0 spiro atoms. The number of hydrogen-bond acceptors (Lipinski definition) is 5. The molecule has 0 unspecified atom stereocenters. The second-order valence-corrected chi connectivity index (χ2v) is 6.52. The van der Waals surface area contributed by atoms with Gasteiger partial charge in [-0.2, -0.15) is 16.3 Å². The molecule has 1 aromatic carbocycles. The van der Waals surface area contributed by atoms with Crippen LogP contribution in [0.25, 0.3) is 11.4 Å². The Hall–Kier alpha value is -2.47. The molecule has 116 valence electrons. The zero-order valence-corrected chi connectivity index (χ0v) is 13.4. The largest absolute Gasteiger partial charge is 0.339 e. The van der Waals surface area contributed by atoms with Gasteiger partial charge >= 0.3 is 0 Å². The van der Waals surface area contributed by atoms with Crippen LogP contribution in [0.3, 0.4) is 0 Å². The summed E-state index contributed by atoms with van der Waals surface area (Å²) in [7, 11) is 0. The summed E-state index contributed by atoms with van der Waals surface area (Å²) in [6.45, 7) is 3.23. The summed E-state index contributed by atoms with van der Waals surface area (Å²) in [5.41, 5.74) is 2.79. The average Bonchev–Trinajstić information content (AvgIpc) is 3.16. The third-order valence-corrected chi connectivity index (χ3v) is 4.69. The van der Waals surface area contributed by atoms with Crippen molar-refractivity contribution in [3.05, 3.63) is 58.1 Å². The zero-order chi connectivity index (χ0) is 15.8. The third-order valence-electron chi connectivity index (χ3n) is 4.00. The lowest BCUT2D eigenvalue weighted by Gasteiger charge is -2.37. The quantitative estimate of drug-likeness (QED) is 0.741. The van der Waals surface area contributed by atoms with E-state index in [0.717, 1.165) is 16.7 Å². The predicted octanol–water partition coefficient (Wildman–Crippen LogP) is 3.35. The molecule has 23 heavy (non-hydrogen) atoms. The number of likely N-dealkylation sites (tertiary alicyclic amines) is 1. The Morgan fingerprint density at radius 2 is 2.22 bits per heavy atom. The Labute approximate surface area is 137 Å². The van der Waals surface area contributed by atoms with Gasteiger partial charge in [-0.3, -0.25) is 4.79 Å². The van der Waals surface area contributed by atoms with Crippen molar-refractivity contribution >= 4 is 17.2 Å². The highest BCUT2D eigenvalue weighted by Crippen LogP contribution is 2.29. The molecule has 1 aliphatic rings. The molecule has 4 rings (SSSR count). The number of thiophene rings is 1. The number of aryl methyl sites for hydroxylation is 1. The van der Waals surface area contributed by atoms with Gasteiger partial charge in [0, 0.05) is 29.6 Å². The summed E-state index contributed by atoms with van der Waals surface area (Å²) in [6.07, 6.45) is 0. The van der Waals surface area contributed by atoms with Crippen LogP contribution in [0.1, 0.15) is 27.7 Å². The monoisotopic (exact) mass is 325 g/mol. The molecule has 0 N–H and O–H groups in total. The highest BCUT2D eigenvalue weighted by molar-refractivity contribution is 7.08. The summed E-state index contributed by atoms with van der Waals surface area (Å²) < 4.78 is 5.35. The normalized spacial score (nSPS) is 14.7. The first-order valence-electron chi connectivity index (χ1n) is 7.43. The van der Waals surface area contributed by atoms with Crippen LogP contribution in [0, 0.1) is 6.92 Å². The highest BCUT2D eigenvalue weighted by atomic mass is 32.1. The second-order valence-electron chi connectivity index (χ2n) is 5.74. The Morgan fingerprint density at radius 1 is 1.35 bits per heavy atom.